The van der Waals surface area contributed by atoms with Gasteiger partial charge in [-0.1, -0.05) is 53.9 Å². The molecule has 0 nitrogen and oxygen atoms in total. The van der Waals surface area contributed by atoms with Crippen molar-refractivity contribution >= 4 is 0 Å². The molecule has 0 heteroatoms. The van der Waals surface area contributed by atoms with Crippen LogP contribution in [-0.2, 0) is 0 Å². The zero-order valence-corrected chi connectivity index (χ0v) is 10.8. The molecule has 0 atom stereocenters. The molecule has 1 fully saturated rings. The van der Waals surface area contributed by atoms with Crippen LogP contribution in [0.3, 0.4) is 0 Å². The van der Waals surface area contributed by atoms with Gasteiger partial charge in [0.05, 0.1) is 0 Å². The summed E-state index contributed by atoms with van der Waals surface area (Å²) < 4.78 is 0. The van der Waals surface area contributed by atoms with Crippen LogP contribution in [0, 0.1) is 16.7 Å². The van der Waals surface area contributed by atoms with Crippen LogP contribution in [0.2, 0.25) is 0 Å². The van der Waals surface area contributed by atoms with Gasteiger partial charge in [-0.15, -0.1) is 0 Å². The summed E-state index contributed by atoms with van der Waals surface area (Å²) in [5, 5.41) is 0. The Hall–Kier alpha value is 0. The highest BCUT2D eigenvalue weighted by Gasteiger charge is 2.33. The Bertz CT molecular complexity index is 165. The van der Waals surface area contributed by atoms with Gasteiger partial charge in [0.1, 0.15) is 0 Å². The molecule has 0 unspecified atom stereocenters. The van der Waals surface area contributed by atoms with E-state index in [1.807, 2.05) is 0 Å². The molecule has 0 aromatic heterocycles. The first-order chi connectivity index (χ1) is 6.31. The van der Waals surface area contributed by atoms with E-state index in [0.29, 0.717) is 10.8 Å². The number of rotatable bonds is 2. The third-order valence-corrected chi connectivity index (χ3v) is 3.70. The lowest BCUT2D eigenvalue weighted by Crippen LogP contribution is -2.30. The molecule has 0 heterocycles. The lowest BCUT2D eigenvalue weighted by Gasteiger charge is -2.41. The van der Waals surface area contributed by atoms with E-state index >= 15 is 0 Å². The van der Waals surface area contributed by atoms with Crippen LogP contribution < -0.4 is 0 Å². The summed E-state index contributed by atoms with van der Waals surface area (Å²) in [7, 11) is 0. The van der Waals surface area contributed by atoms with E-state index < -0.39 is 0 Å². The smallest absolute Gasteiger partial charge is 0.0321 e. The van der Waals surface area contributed by atoms with Crippen molar-refractivity contribution in [2.75, 3.05) is 0 Å². The molecule has 1 rings (SSSR count). The van der Waals surface area contributed by atoms with E-state index in [2.05, 4.69) is 34.6 Å². The summed E-state index contributed by atoms with van der Waals surface area (Å²) in [5.41, 5.74) is 1.04. The minimum atomic E-state index is 0.487. The third kappa shape index (κ3) is 3.63. The minimum Gasteiger partial charge on any atom is -0.0602 e. The second-order valence-corrected chi connectivity index (χ2v) is 7.06. The molecule has 0 spiro atoms. The maximum absolute atomic E-state index is 2.48. The summed E-state index contributed by atoms with van der Waals surface area (Å²) >= 11 is 0. The van der Waals surface area contributed by atoms with E-state index in [0.717, 1.165) is 5.92 Å². The average molecular weight is 196 g/mol. The molecule has 1 aliphatic carbocycles. The quantitative estimate of drug-likeness (QED) is 0.581. The predicted molar refractivity (Wildman–Crippen MR) is 64.4 cm³/mol. The van der Waals surface area contributed by atoms with Crippen molar-refractivity contribution in [1.29, 1.82) is 0 Å². The fraction of sp³-hybridized carbons (Fsp3) is 1.00. The zero-order valence-electron chi connectivity index (χ0n) is 10.8. The molecule has 0 aliphatic heterocycles. The summed E-state index contributed by atoms with van der Waals surface area (Å²) in [4.78, 5) is 0. The van der Waals surface area contributed by atoms with Crippen LogP contribution in [-0.4, -0.2) is 0 Å². The van der Waals surface area contributed by atoms with Gasteiger partial charge in [-0.05, 0) is 36.0 Å². The van der Waals surface area contributed by atoms with E-state index in [1.54, 1.807) is 0 Å². The molecule has 0 saturated heterocycles. The van der Waals surface area contributed by atoms with Crippen LogP contribution in [0.25, 0.3) is 0 Å². The molecular formula is C14H28. The van der Waals surface area contributed by atoms with Gasteiger partial charge in [0.2, 0.25) is 0 Å². The first-order valence-electron chi connectivity index (χ1n) is 6.31. The monoisotopic (exact) mass is 196 g/mol. The highest BCUT2D eigenvalue weighted by molar-refractivity contribution is 4.84. The fourth-order valence-electron chi connectivity index (χ4n) is 3.40. The van der Waals surface area contributed by atoms with Crippen molar-refractivity contribution in [2.24, 2.45) is 16.7 Å². The van der Waals surface area contributed by atoms with Crippen molar-refractivity contribution in [2.45, 2.75) is 73.1 Å². The van der Waals surface area contributed by atoms with E-state index in [4.69, 9.17) is 0 Å². The first-order valence-corrected chi connectivity index (χ1v) is 6.31. The molecule has 0 aromatic carbocycles. The first kappa shape index (κ1) is 12.1. The molecule has 0 aromatic rings. The third-order valence-electron chi connectivity index (χ3n) is 3.70. The van der Waals surface area contributed by atoms with Gasteiger partial charge in [-0.25, -0.2) is 0 Å². The van der Waals surface area contributed by atoms with E-state index in [9.17, 15) is 0 Å². The van der Waals surface area contributed by atoms with Crippen LogP contribution >= 0.6 is 0 Å². The Balaban J connectivity index is 2.54. The van der Waals surface area contributed by atoms with E-state index in [-0.39, 0.29) is 0 Å². The molecule has 14 heavy (non-hydrogen) atoms. The molecule has 0 amide bonds. The van der Waals surface area contributed by atoms with Gasteiger partial charge in [-0.2, -0.15) is 0 Å². The summed E-state index contributed by atoms with van der Waals surface area (Å²) in [6.45, 7) is 12.1. The normalized spacial score (nSPS) is 21.2. The summed E-state index contributed by atoms with van der Waals surface area (Å²) in [6.07, 6.45) is 8.73. The molecule has 0 bridgehead atoms. The summed E-state index contributed by atoms with van der Waals surface area (Å²) in [6, 6.07) is 0. The van der Waals surface area contributed by atoms with Gasteiger partial charge >= 0.3 is 0 Å². The predicted octanol–water partition coefficient (Wildman–Crippen LogP) is 5.03. The second-order valence-electron chi connectivity index (χ2n) is 7.06. The molecule has 84 valence electrons. The Labute approximate surface area is 90.5 Å². The maximum Gasteiger partial charge on any atom is -0.0321 e. The summed E-state index contributed by atoms with van der Waals surface area (Å²) in [5.74, 6) is 0.982. The Kier molecular flexibility index (Phi) is 3.66. The van der Waals surface area contributed by atoms with Crippen molar-refractivity contribution in [3.63, 3.8) is 0 Å². The van der Waals surface area contributed by atoms with Crippen LogP contribution in [0.5, 0.6) is 0 Å². The van der Waals surface area contributed by atoms with Crippen LogP contribution in [0.15, 0.2) is 0 Å². The van der Waals surface area contributed by atoms with E-state index in [1.165, 1.54) is 38.5 Å². The van der Waals surface area contributed by atoms with Gasteiger partial charge < -0.3 is 0 Å². The Morgan fingerprint density at radius 1 is 0.857 bits per heavy atom. The fourth-order valence-corrected chi connectivity index (χ4v) is 3.40. The van der Waals surface area contributed by atoms with Gasteiger partial charge in [-0.3, -0.25) is 0 Å². The lowest BCUT2D eigenvalue weighted by molar-refractivity contribution is 0.0996. The van der Waals surface area contributed by atoms with Crippen molar-refractivity contribution in [3.8, 4) is 0 Å². The number of hydrogen-bond acceptors (Lipinski definition) is 0. The van der Waals surface area contributed by atoms with Gasteiger partial charge in [0, 0.05) is 0 Å². The Morgan fingerprint density at radius 3 is 1.79 bits per heavy atom. The van der Waals surface area contributed by atoms with Crippen molar-refractivity contribution in [3.05, 3.63) is 0 Å². The SMILES string of the molecule is CC(C)(C)CC(C)(C)C1CCCCC1. The minimum absolute atomic E-state index is 0.487. The molecular weight excluding hydrogens is 168 g/mol. The molecule has 0 N–H and O–H groups in total. The highest BCUT2D eigenvalue weighted by atomic mass is 14.4. The lowest BCUT2D eigenvalue weighted by atomic mass is 9.65. The zero-order chi connectivity index (χ0) is 10.8. The maximum atomic E-state index is 2.48. The second kappa shape index (κ2) is 4.24. The molecule has 0 radical (unpaired) electrons. The largest absolute Gasteiger partial charge is 0.0602 e. The molecule has 1 saturated carbocycles. The van der Waals surface area contributed by atoms with Crippen LogP contribution in [0.4, 0.5) is 0 Å². The average Bonchev–Trinajstić information content (AvgIpc) is 2.01. The van der Waals surface area contributed by atoms with Crippen molar-refractivity contribution < 1.29 is 0 Å². The van der Waals surface area contributed by atoms with Crippen LogP contribution in [0.1, 0.15) is 73.1 Å². The Morgan fingerprint density at radius 2 is 1.36 bits per heavy atom. The molecule has 1 aliphatic rings. The standard InChI is InChI=1S/C14H28/c1-13(2,3)11-14(4,5)12-9-7-6-8-10-12/h12H,6-11H2,1-5H3. The highest BCUT2D eigenvalue weighted by Crippen LogP contribution is 2.44. The van der Waals surface area contributed by atoms with Gasteiger partial charge in [0.25, 0.3) is 0 Å². The number of hydrogen-bond donors (Lipinski definition) is 0. The van der Waals surface area contributed by atoms with Crippen molar-refractivity contribution in [1.82, 2.24) is 0 Å². The topological polar surface area (TPSA) is 0 Å². The van der Waals surface area contributed by atoms with Gasteiger partial charge in [0.15, 0.2) is 0 Å².